The molecule has 0 fully saturated rings. The van der Waals surface area contributed by atoms with Crippen LogP contribution in [0.15, 0.2) is 37.1 Å². The maximum Gasteiger partial charge on any atom is 0.321 e. The molecule has 1 aliphatic rings. The second kappa shape index (κ2) is 6.20. The molecule has 1 aromatic carbocycles. The molecule has 0 bridgehead atoms. The third kappa shape index (κ3) is 2.91. The molecule has 2 atom stereocenters. The van der Waals surface area contributed by atoms with Gasteiger partial charge in [0.15, 0.2) is 0 Å². The van der Waals surface area contributed by atoms with Crippen LogP contribution in [0.2, 0.25) is 0 Å². The van der Waals surface area contributed by atoms with Crippen LogP contribution in [0.4, 0.5) is 0 Å². The second-order valence-corrected chi connectivity index (χ2v) is 6.78. The molecular weight excluding hydrogens is 288 g/mol. The van der Waals surface area contributed by atoms with Gasteiger partial charge in [-0.15, -0.1) is 6.58 Å². The van der Waals surface area contributed by atoms with Crippen molar-refractivity contribution in [1.82, 2.24) is 9.88 Å². The van der Waals surface area contributed by atoms with Crippen LogP contribution in [-0.4, -0.2) is 21.7 Å². The average Bonchev–Trinajstić information content (AvgIpc) is 2.75. The Hall–Kier alpha value is -2.07. The molecule has 0 saturated heterocycles. The summed E-state index contributed by atoms with van der Waals surface area (Å²) in [6, 6.07) is 5.83. The quantitative estimate of drug-likeness (QED) is 0.831. The number of aromatic nitrogens is 1. The largest absolute Gasteiger partial charge is 0.480 e. The third-order valence-corrected chi connectivity index (χ3v) is 4.55. The fraction of sp³-hybridized carbons (Fsp3) is 0.421. The maximum atomic E-state index is 11.7. The number of allylic oxidation sites excluding steroid dienone is 1. The third-order valence-electron chi connectivity index (χ3n) is 4.55. The van der Waals surface area contributed by atoms with Crippen LogP contribution >= 0.6 is 0 Å². The summed E-state index contributed by atoms with van der Waals surface area (Å²) in [7, 11) is 0. The summed E-state index contributed by atoms with van der Waals surface area (Å²) in [4.78, 5) is 11.7. The van der Waals surface area contributed by atoms with Crippen molar-refractivity contribution in [2.75, 3.05) is 0 Å². The molecule has 2 unspecified atom stereocenters. The predicted octanol–water partition coefficient (Wildman–Crippen LogP) is 3.51. The van der Waals surface area contributed by atoms with E-state index in [1.165, 1.54) is 16.5 Å². The Balaban J connectivity index is 2.18. The Morgan fingerprint density at radius 3 is 2.96 bits per heavy atom. The smallest absolute Gasteiger partial charge is 0.321 e. The average molecular weight is 312 g/mol. The Labute approximate surface area is 136 Å². The number of nitrogens with zero attached hydrogens (tertiary/aromatic N) is 1. The van der Waals surface area contributed by atoms with Gasteiger partial charge in [-0.05, 0) is 29.5 Å². The van der Waals surface area contributed by atoms with Crippen LogP contribution < -0.4 is 5.32 Å². The van der Waals surface area contributed by atoms with Crippen molar-refractivity contribution in [3.05, 3.63) is 48.2 Å². The maximum absolute atomic E-state index is 11.7. The molecule has 4 heteroatoms. The van der Waals surface area contributed by atoms with E-state index in [0.717, 1.165) is 18.5 Å². The summed E-state index contributed by atoms with van der Waals surface area (Å²) in [5.41, 5.74) is 3.50. The van der Waals surface area contributed by atoms with Crippen molar-refractivity contribution in [2.24, 2.45) is 5.92 Å². The van der Waals surface area contributed by atoms with Crippen molar-refractivity contribution in [1.29, 1.82) is 0 Å². The Bertz CT molecular complexity index is 745. The molecule has 0 spiro atoms. The van der Waals surface area contributed by atoms with Crippen LogP contribution in [0.25, 0.3) is 10.9 Å². The minimum atomic E-state index is -0.781. The van der Waals surface area contributed by atoms with Gasteiger partial charge in [-0.3, -0.25) is 10.1 Å². The van der Waals surface area contributed by atoms with E-state index in [-0.39, 0.29) is 6.04 Å². The van der Waals surface area contributed by atoms with E-state index < -0.39 is 12.0 Å². The van der Waals surface area contributed by atoms with Gasteiger partial charge in [-0.2, -0.15) is 0 Å². The minimum Gasteiger partial charge on any atom is -0.480 e. The number of rotatable bonds is 5. The molecule has 23 heavy (non-hydrogen) atoms. The van der Waals surface area contributed by atoms with Crippen LogP contribution in [0.5, 0.6) is 0 Å². The standard InChI is InChI=1S/C19H24N2O2/c1-4-8-21-11-13-10-16(19(22)23)20-15(9-12(2)3)14-6-5-7-17(21)18(13)14/h4-7,11-12,15-16,20H,1,8-10H2,2-3H3,(H,22,23). The number of nitrogens with one attached hydrogen (secondary N) is 1. The summed E-state index contributed by atoms with van der Waals surface area (Å²) in [5, 5.41) is 14.2. The number of aliphatic carboxylic acids is 1. The zero-order valence-corrected chi connectivity index (χ0v) is 13.7. The molecule has 122 valence electrons. The topological polar surface area (TPSA) is 54.3 Å². The SMILES string of the molecule is C=CCn1cc2c3c(cccc31)C(CC(C)C)NC(C(=O)O)C2. The zero-order chi connectivity index (χ0) is 16.6. The Morgan fingerprint density at radius 1 is 1.52 bits per heavy atom. The van der Waals surface area contributed by atoms with Crippen LogP contribution in [0.3, 0.4) is 0 Å². The molecule has 0 amide bonds. The highest BCUT2D eigenvalue weighted by Crippen LogP contribution is 2.35. The summed E-state index contributed by atoms with van der Waals surface area (Å²) >= 11 is 0. The van der Waals surface area contributed by atoms with E-state index in [4.69, 9.17) is 0 Å². The van der Waals surface area contributed by atoms with Crippen LogP contribution in [0.1, 0.15) is 37.4 Å². The Kier molecular flexibility index (Phi) is 4.26. The molecule has 2 heterocycles. The van der Waals surface area contributed by atoms with Gasteiger partial charge in [0.1, 0.15) is 6.04 Å². The Morgan fingerprint density at radius 2 is 2.30 bits per heavy atom. The minimum absolute atomic E-state index is 0.0700. The molecule has 1 aromatic heterocycles. The second-order valence-electron chi connectivity index (χ2n) is 6.78. The first kappa shape index (κ1) is 15.8. The number of carbonyl (C=O) groups is 1. The number of hydrogen-bond acceptors (Lipinski definition) is 2. The fourth-order valence-electron chi connectivity index (χ4n) is 3.64. The van der Waals surface area contributed by atoms with Gasteiger partial charge >= 0.3 is 5.97 Å². The molecule has 3 rings (SSSR count). The lowest BCUT2D eigenvalue weighted by atomic mass is 9.94. The van der Waals surface area contributed by atoms with Crippen molar-refractivity contribution in [3.8, 4) is 0 Å². The van der Waals surface area contributed by atoms with Crippen molar-refractivity contribution in [2.45, 2.75) is 45.3 Å². The summed E-state index contributed by atoms with van der Waals surface area (Å²) < 4.78 is 2.16. The van der Waals surface area contributed by atoms with E-state index in [1.54, 1.807) is 0 Å². The molecule has 1 aliphatic heterocycles. The van der Waals surface area contributed by atoms with Crippen molar-refractivity contribution in [3.63, 3.8) is 0 Å². The first-order valence-corrected chi connectivity index (χ1v) is 8.21. The molecule has 4 nitrogen and oxygen atoms in total. The van der Waals surface area contributed by atoms with Gasteiger partial charge in [0.25, 0.3) is 0 Å². The van der Waals surface area contributed by atoms with Gasteiger partial charge in [-0.25, -0.2) is 0 Å². The monoisotopic (exact) mass is 312 g/mol. The van der Waals surface area contributed by atoms with E-state index in [1.807, 2.05) is 6.08 Å². The number of carboxylic acid groups (broad SMARTS) is 1. The van der Waals surface area contributed by atoms with Gasteiger partial charge in [0.05, 0.1) is 0 Å². The molecule has 0 saturated carbocycles. The lowest BCUT2D eigenvalue weighted by molar-refractivity contribution is -0.139. The van der Waals surface area contributed by atoms with E-state index in [2.05, 4.69) is 54.7 Å². The lowest BCUT2D eigenvalue weighted by Gasteiger charge is -2.23. The first-order chi connectivity index (χ1) is 11.0. The van der Waals surface area contributed by atoms with Crippen LogP contribution in [0, 0.1) is 5.92 Å². The fourth-order valence-corrected chi connectivity index (χ4v) is 3.64. The van der Waals surface area contributed by atoms with E-state index in [9.17, 15) is 9.90 Å². The van der Waals surface area contributed by atoms with Gasteiger partial charge in [0.2, 0.25) is 0 Å². The van der Waals surface area contributed by atoms with Gasteiger partial charge in [-0.1, -0.05) is 32.1 Å². The van der Waals surface area contributed by atoms with E-state index >= 15 is 0 Å². The molecule has 0 aliphatic carbocycles. The van der Waals surface area contributed by atoms with Crippen molar-refractivity contribution < 1.29 is 9.90 Å². The highest BCUT2D eigenvalue weighted by molar-refractivity contribution is 5.89. The first-order valence-electron chi connectivity index (χ1n) is 8.21. The summed E-state index contributed by atoms with van der Waals surface area (Å²) in [6.07, 6.45) is 5.40. The number of benzene rings is 1. The highest BCUT2D eigenvalue weighted by Gasteiger charge is 2.30. The van der Waals surface area contributed by atoms with Gasteiger partial charge in [0, 0.05) is 36.1 Å². The number of hydrogen-bond donors (Lipinski definition) is 2. The van der Waals surface area contributed by atoms with Gasteiger partial charge < -0.3 is 9.67 Å². The number of carboxylic acids is 1. The van der Waals surface area contributed by atoms with Crippen molar-refractivity contribution >= 4 is 16.9 Å². The lowest BCUT2D eigenvalue weighted by Crippen LogP contribution is -2.40. The molecule has 2 aromatic rings. The highest BCUT2D eigenvalue weighted by atomic mass is 16.4. The molecule has 0 radical (unpaired) electrons. The summed E-state index contributed by atoms with van der Waals surface area (Å²) in [6.45, 7) is 8.91. The normalized spacial score (nSPS) is 20.7. The summed E-state index contributed by atoms with van der Waals surface area (Å²) in [5.74, 6) is -0.287. The molecular formula is C19H24N2O2. The predicted molar refractivity (Wildman–Crippen MR) is 92.6 cm³/mol. The zero-order valence-electron chi connectivity index (χ0n) is 13.7. The van der Waals surface area contributed by atoms with Crippen LogP contribution in [-0.2, 0) is 17.8 Å². The van der Waals surface area contributed by atoms with E-state index in [0.29, 0.717) is 12.3 Å². The molecule has 2 N–H and O–H groups in total.